The van der Waals surface area contributed by atoms with E-state index in [1.54, 1.807) is 0 Å². The zero-order chi connectivity index (χ0) is 18.3. The SMILES string of the molecule is CN(C1C[C@H]2CC[C@@H](C1)N2C)C(c1ccc(F)cc1)c1ccc(F)cc1. The highest BCUT2D eigenvalue weighted by Gasteiger charge is 2.41. The first-order chi connectivity index (χ1) is 12.5. The van der Waals surface area contributed by atoms with Crippen molar-refractivity contribution in [1.29, 1.82) is 0 Å². The van der Waals surface area contributed by atoms with Gasteiger partial charge in [-0.2, -0.15) is 0 Å². The zero-order valence-electron chi connectivity index (χ0n) is 15.4. The van der Waals surface area contributed by atoms with E-state index in [0.717, 1.165) is 24.0 Å². The van der Waals surface area contributed by atoms with Gasteiger partial charge >= 0.3 is 0 Å². The van der Waals surface area contributed by atoms with Gasteiger partial charge in [-0.25, -0.2) is 8.78 Å². The molecule has 4 rings (SSSR count). The minimum atomic E-state index is -0.230. The Labute approximate surface area is 154 Å². The minimum Gasteiger partial charge on any atom is -0.300 e. The second kappa shape index (κ2) is 7.09. The molecule has 0 aliphatic carbocycles. The van der Waals surface area contributed by atoms with Crippen LogP contribution in [-0.4, -0.2) is 42.0 Å². The van der Waals surface area contributed by atoms with Gasteiger partial charge in [0.1, 0.15) is 11.6 Å². The van der Waals surface area contributed by atoms with Crippen molar-refractivity contribution in [2.24, 2.45) is 0 Å². The molecule has 3 atom stereocenters. The molecule has 2 fully saturated rings. The van der Waals surface area contributed by atoms with Gasteiger partial charge in [-0.15, -0.1) is 0 Å². The van der Waals surface area contributed by atoms with E-state index in [0.29, 0.717) is 18.1 Å². The average Bonchev–Trinajstić information content (AvgIpc) is 2.85. The molecule has 0 radical (unpaired) electrons. The largest absolute Gasteiger partial charge is 0.300 e. The van der Waals surface area contributed by atoms with Crippen LogP contribution >= 0.6 is 0 Å². The van der Waals surface area contributed by atoms with Crippen molar-refractivity contribution in [3.05, 3.63) is 71.3 Å². The van der Waals surface area contributed by atoms with Gasteiger partial charge in [0.2, 0.25) is 0 Å². The molecule has 2 saturated heterocycles. The molecular formula is C22H26F2N2. The number of halogens is 2. The predicted molar refractivity (Wildman–Crippen MR) is 100 cm³/mol. The summed E-state index contributed by atoms with van der Waals surface area (Å²) in [6.45, 7) is 0. The molecule has 0 amide bonds. The topological polar surface area (TPSA) is 6.48 Å². The van der Waals surface area contributed by atoms with E-state index in [1.807, 2.05) is 24.3 Å². The van der Waals surface area contributed by atoms with Gasteiger partial charge in [0.25, 0.3) is 0 Å². The first-order valence-electron chi connectivity index (χ1n) is 9.47. The zero-order valence-corrected chi connectivity index (χ0v) is 15.4. The van der Waals surface area contributed by atoms with E-state index in [4.69, 9.17) is 0 Å². The molecule has 0 aromatic heterocycles. The van der Waals surface area contributed by atoms with Crippen molar-refractivity contribution < 1.29 is 8.78 Å². The molecule has 1 unspecified atom stereocenters. The van der Waals surface area contributed by atoms with Crippen molar-refractivity contribution in [2.45, 2.75) is 49.9 Å². The predicted octanol–water partition coefficient (Wildman–Crippen LogP) is 4.61. The molecule has 0 N–H and O–H groups in total. The normalized spacial score (nSPS) is 26.0. The van der Waals surface area contributed by atoms with Crippen LogP contribution in [0.5, 0.6) is 0 Å². The second-order valence-corrected chi connectivity index (χ2v) is 7.85. The van der Waals surface area contributed by atoms with Crippen molar-refractivity contribution in [3.63, 3.8) is 0 Å². The van der Waals surface area contributed by atoms with E-state index >= 15 is 0 Å². The molecule has 2 aromatic rings. The Bertz CT molecular complexity index is 684. The Balaban J connectivity index is 1.66. The molecule has 0 saturated carbocycles. The van der Waals surface area contributed by atoms with Crippen molar-refractivity contribution >= 4 is 0 Å². The fourth-order valence-electron chi connectivity index (χ4n) is 4.88. The average molecular weight is 356 g/mol. The second-order valence-electron chi connectivity index (χ2n) is 7.85. The molecule has 2 aromatic carbocycles. The monoisotopic (exact) mass is 356 g/mol. The Kier molecular flexibility index (Phi) is 4.80. The van der Waals surface area contributed by atoms with Gasteiger partial charge in [-0.1, -0.05) is 24.3 Å². The van der Waals surface area contributed by atoms with Crippen molar-refractivity contribution in [1.82, 2.24) is 9.80 Å². The van der Waals surface area contributed by atoms with Gasteiger partial charge in [-0.3, -0.25) is 4.90 Å². The highest BCUT2D eigenvalue weighted by atomic mass is 19.1. The summed E-state index contributed by atoms with van der Waals surface area (Å²) in [4.78, 5) is 4.95. The Morgan fingerprint density at radius 2 is 1.27 bits per heavy atom. The molecule has 26 heavy (non-hydrogen) atoms. The van der Waals surface area contributed by atoms with Gasteiger partial charge < -0.3 is 4.90 Å². The summed E-state index contributed by atoms with van der Waals surface area (Å²) in [6, 6.07) is 15.2. The fraction of sp³-hybridized carbons (Fsp3) is 0.455. The maximum Gasteiger partial charge on any atom is 0.123 e. The maximum absolute atomic E-state index is 13.4. The van der Waals surface area contributed by atoms with Crippen LogP contribution in [0.1, 0.15) is 42.9 Å². The third-order valence-corrected chi connectivity index (χ3v) is 6.43. The lowest BCUT2D eigenvalue weighted by Gasteiger charge is -2.43. The highest BCUT2D eigenvalue weighted by Crippen LogP contribution is 2.39. The summed E-state index contributed by atoms with van der Waals surface area (Å²) >= 11 is 0. The molecule has 2 heterocycles. The molecule has 2 aliphatic rings. The highest BCUT2D eigenvalue weighted by molar-refractivity contribution is 5.32. The van der Waals surface area contributed by atoms with Crippen LogP contribution in [0.2, 0.25) is 0 Å². The van der Waals surface area contributed by atoms with Crippen molar-refractivity contribution in [3.8, 4) is 0 Å². The van der Waals surface area contributed by atoms with Crippen LogP contribution in [0.25, 0.3) is 0 Å². The van der Waals surface area contributed by atoms with Gasteiger partial charge in [0.15, 0.2) is 0 Å². The van der Waals surface area contributed by atoms with E-state index < -0.39 is 0 Å². The molecule has 138 valence electrons. The molecule has 0 spiro atoms. The first-order valence-corrected chi connectivity index (χ1v) is 9.47. The number of rotatable bonds is 4. The van der Waals surface area contributed by atoms with Crippen molar-refractivity contribution in [2.75, 3.05) is 14.1 Å². The first kappa shape index (κ1) is 17.6. The van der Waals surface area contributed by atoms with E-state index in [9.17, 15) is 8.78 Å². The smallest absolute Gasteiger partial charge is 0.123 e. The quantitative estimate of drug-likeness (QED) is 0.789. The summed E-state index contributed by atoms with van der Waals surface area (Å²) in [5.41, 5.74) is 2.10. The van der Waals surface area contributed by atoms with Crippen LogP contribution in [0.3, 0.4) is 0 Å². The lowest BCUT2D eigenvalue weighted by atomic mass is 9.91. The summed E-state index contributed by atoms with van der Waals surface area (Å²) in [6.07, 6.45) is 4.87. The van der Waals surface area contributed by atoms with Crippen LogP contribution in [-0.2, 0) is 0 Å². The number of fused-ring (bicyclic) bond motifs is 2. The lowest BCUT2D eigenvalue weighted by molar-refractivity contribution is 0.0751. The fourth-order valence-corrected chi connectivity index (χ4v) is 4.88. The molecule has 2 aliphatic heterocycles. The third kappa shape index (κ3) is 3.28. The molecule has 2 bridgehead atoms. The minimum absolute atomic E-state index is 0.00371. The summed E-state index contributed by atoms with van der Waals surface area (Å²) in [7, 11) is 4.41. The standard InChI is InChI=1S/C22H26F2N2/c1-25-19-11-12-20(25)14-21(13-19)26(2)22(15-3-7-17(23)8-4-15)16-5-9-18(24)10-6-16/h3-10,19-22H,11-14H2,1-2H3/t19-,20+,21?. The van der Waals surface area contributed by atoms with Gasteiger partial charge in [0.05, 0.1) is 6.04 Å². The Hall–Kier alpha value is -1.78. The van der Waals surface area contributed by atoms with Crippen LogP contribution in [0.15, 0.2) is 48.5 Å². The summed E-state index contributed by atoms with van der Waals surface area (Å²) in [5, 5.41) is 0. The number of piperidine rings is 1. The van der Waals surface area contributed by atoms with E-state index in [1.165, 1.54) is 37.1 Å². The van der Waals surface area contributed by atoms with Crippen LogP contribution in [0, 0.1) is 11.6 Å². The third-order valence-electron chi connectivity index (χ3n) is 6.43. The number of hydrogen-bond acceptors (Lipinski definition) is 2. The van der Waals surface area contributed by atoms with Crippen LogP contribution < -0.4 is 0 Å². The number of hydrogen-bond donors (Lipinski definition) is 0. The van der Waals surface area contributed by atoms with Gasteiger partial charge in [0, 0.05) is 18.1 Å². The molecular weight excluding hydrogens is 330 g/mol. The maximum atomic E-state index is 13.4. The Morgan fingerprint density at radius 3 is 1.69 bits per heavy atom. The molecule has 4 heteroatoms. The lowest BCUT2D eigenvalue weighted by Crippen LogP contribution is -2.48. The summed E-state index contributed by atoms with van der Waals surface area (Å²) in [5.74, 6) is -0.460. The number of nitrogens with zero attached hydrogens (tertiary/aromatic N) is 2. The van der Waals surface area contributed by atoms with Crippen LogP contribution in [0.4, 0.5) is 8.78 Å². The summed E-state index contributed by atoms with van der Waals surface area (Å²) < 4.78 is 26.9. The molecule has 2 nitrogen and oxygen atoms in total. The van der Waals surface area contributed by atoms with Gasteiger partial charge in [-0.05, 0) is 75.2 Å². The van der Waals surface area contributed by atoms with E-state index in [2.05, 4.69) is 23.9 Å². The number of benzene rings is 2. The van der Waals surface area contributed by atoms with E-state index in [-0.39, 0.29) is 17.7 Å². The Morgan fingerprint density at radius 1 is 0.846 bits per heavy atom.